The molecule has 3 aromatic rings. The molecule has 16 heteroatoms. The van der Waals surface area contributed by atoms with Crippen LogP contribution < -0.4 is 26.1 Å². The molecule has 0 aliphatic carbocycles. The molecule has 1 aromatic carbocycles. The monoisotopic (exact) mass is 577 g/mol. The molecule has 3 heterocycles. The summed E-state index contributed by atoms with van der Waals surface area (Å²) >= 11 is 0. The number of carbonyl (C=O) groups is 1. The fourth-order valence-corrected chi connectivity index (χ4v) is 6.15. The summed E-state index contributed by atoms with van der Waals surface area (Å²) in [5.41, 5.74) is 4.51. The number of aliphatic hydroxyl groups is 1. The Hall–Kier alpha value is -3.86. The zero-order chi connectivity index (χ0) is 28.5. The Kier molecular flexibility index (Phi) is 7.74. The molecule has 1 atom stereocenters. The van der Waals surface area contributed by atoms with Crippen molar-refractivity contribution >= 4 is 54.4 Å². The summed E-state index contributed by atoms with van der Waals surface area (Å²) in [6.45, 7) is 3.54. The molecule has 39 heavy (non-hydrogen) atoms. The lowest BCUT2D eigenvalue weighted by Crippen LogP contribution is -2.33. The van der Waals surface area contributed by atoms with Gasteiger partial charge in [0, 0.05) is 30.1 Å². The number of sulfonamides is 1. The number of hydrogen-bond acceptors (Lipinski definition) is 9. The minimum atomic E-state index is -4.42. The maximum absolute atomic E-state index is 13.2. The first kappa shape index (κ1) is 28.2. The van der Waals surface area contributed by atoms with Gasteiger partial charge in [-0.25, -0.2) is 4.98 Å². The highest BCUT2D eigenvalue weighted by Gasteiger charge is 2.31. The number of nitrogens with one attached hydrogen (secondary N) is 4. The molecular weight excluding hydrogens is 550 g/mol. The van der Waals surface area contributed by atoms with Gasteiger partial charge in [-0.2, -0.15) is 21.6 Å². The molecule has 4 rings (SSSR count). The number of fused-ring (bicyclic) bond motifs is 2. The molecule has 1 aliphatic rings. The smallest absolute Gasteiger partial charge is 0.299 e. The minimum absolute atomic E-state index is 0.0413. The van der Waals surface area contributed by atoms with E-state index in [9.17, 15) is 31.5 Å². The average molecular weight is 578 g/mol. The third kappa shape index (κ3) is 6.25. The Bertz CT molecular complexity index is 1750. The molecule has 0 saturated carbocycles. The van der Waals surface area contributed by atoms with Gasteiger partial charge in [0.05, 0.1) is 23.0 Å². The molecule has 0 bridgehead atoms. The Labute approximate surface area is 224 Å². The zero-order valence-corrected chi connectivity index (χ0v) is 22.6. The highest BCUT2D eigenvalue weighted by atomic mass is 32.2. The predicted molar refractivity (Wildman–Crippen MR) is 145 cm³/mol. The van der Waals surface area contributed by atoms with Crippen molar-refractivity contribution < 1.29 is 26.7 Å². The van der Waals surface area contributed by atoms with E-state index in [0.29, 0.717) is 5.39 Å². The first-order chi connectivity index (χ1) is 18.3. The number of amides is 1. The summed E-state index contributed by atoms with van der Waals surface area (Å²) < 4.78 is 59.0. The van der Waals surface area contributed by atoms with Gasteiger partial charge in [0.15, 0.2) is 5.84 Å². The summed E-state index contributed by atoms with van der Waals surface area (Å²) in [6, 6.07) is 6.96. The van der Waals surface area contributed by atoms with Crippen molar-refractivity contribution in [3.05, 3.63) is 58.0 Å². The number of benzene rings is 1. The molecule has 7 N–H and O–H groups in total. The van der Waals surface area contributed by atoms with E-state index in [1.165, 1.54) is 18.3 Å². The quantitative estimate of drug-likeness (QED) is 0.199. The molecular formula is C23H27N7O7S2. The molecule has 1 unspecified atom stereocenters. The molecule has 1 aliphatic heterocycles. The Morgan fingerprint density at radius 2 is 1.97 bits per heavy atom. The van der Waals surface area contributed by atoms with Gasteiger partial charge in [0.1, 0.15) is 10.5 Å². The Balaban J connectivity index is 1.75. The highest BCUT2D eigenvalue weighted by molar-refractivity contribution is 7.91. The largest absolute Gasteiger partial charge is 0.388 e. The maximum atomic E-state index is 13.2. The standard InChI is InChI=1S/C23H27N7O7S2/c1-12(2)10-16(31)19-14-4-3-8-25-21(14)28-23(33)20(19)22-27-15-6-5-13(11-17(15)38(34,35)30-22)29-39(36,37)26-9-7-18(24)32/h3-6,8,11-12,16,26,29,31H,7,9-10H2,1-2H3,(H2,24,32)(H,27,30)(H,25,28,33). The molecule has 0 saturated heterocycles. The number of aromatic nitrogens is 2. The number of nitrogens with two attached hydrogens (primary N) is 1. The summed E-state index contributed by atoms with van der Waals surface area (Å²) in [4.78, 5) is 30.4. The summed E-state index contributed by atoms with van der Waals surface area (Å²) in [5, 5.41) is 14.3. The molecule has 0 radical (unpaired) electrons. The van der Waals surface area contributed by atoms with Crippen molar-refractivity contribution in [2.75, 3.05) is 16.6 Å². The maximum Gasteiger partial charge on any atom is 0.299 e. The predicted octanol–water partition coefficient (Wildman–Crippen LogP) is 0.685. The molecule has 1 amide bonds. The van der Waals surface area contributed by atoms with Gasteiger partial charge in [-0.3, -0.25) is 14.3 Å². The van der Waals surface area contributed by atoms with E-state index >= 15 is 0 Å². The van der Waals surface area contributed by atoms with Crippen LogP contribution in [0.2, 0.25) is 0 Å². The van der Waals surface area contributed by atoms with Crippen LogP contribution in [0, 0.1) is 5.92 Å². The van der Waals surface area contributed by atoms with E-state index in [1.54, 1.807) is 12.1 Å². The van der Waals surface area contributed by atoms with Crippen molar-refractivity contribution in [3.8, 4) is 0 Å². The van der Waals surface area contributed by atoms with E-state index < -0.39 is 37.8 Å². The first-order valence-electron chi connectivity index (χ1n) is 11.8. The topological polar surface area (TPSA) is 226 Å². The minimum Gasteiger partial charge on any atom is -0.388 e. The number of carbonyl (C=O) groups excluding carboxylic acids is 1. The van der Waals surface area contributed by atoms with Crippen molar-refractivity contribution in [2.24, 2.45) is 16.0 Å². The van der Waals surface area contributed by atoms with Crippen LogP contribution in [0.1, 0.15) is 43.9 Å². The van der Waals surface area contributed by atoms with E-state index in [2.05, 4.69) is 29.1 Å². The fourth-order valence-electron chi connectivity index (χ4n) is 4.13. The number of rotatable bonds is 10. The van der Waals surface area contributed by atoms with Crippen molar-refractivity contribution in [2.45, 2.75) is 37.7 Å². The Morgan fingerprint density at radius 1 is 1.23 bits per heavy atom. The SMILES string of the molecule is CC(C)CC(O)c1c(C2=NS(=O)(=O)c3cc(NS(=O)(=O)NCCC(N)=O)ccc3N2)c(=O)[nH]c2ncccc12. The number of aliphatic hydroxyl groups excluding tert-OH is 1. The number of nitrogens with zero attached hydrogens (tertiary/aromatic N) is 2. The van der Waals surface area contributed by atoms with Crippen molar-refractivity contribution in [1.82, 2.24) is 14.7 Å². The molecule has 208 valence electrons. The number of hydrogen-bond donors (Lipinski definition) is 6. The highest BCUT2D eigenvalue weighted by Crippen LogP contribution is 2.34. The van der Waals surface area contributed by atoms with E-state index in [-0.39, 0.29) is 64.2 Å². The number of anilines is 2. The van der Waals surface area contributed by atoms with Gasteiger partial charge < -0.3 is 21.1 Å². The average Bonchev–Trinajstić information content (AvgIpc) is 2.82. The number of H-pyrrole nitrogens is 1. The van der Waals surface area contributed by atoms with Gasteiger partial charge in [0.2, 0.25) is 5.91 Å². The molecule has 2 aromatic heterocycles. The summed E-state index contributed by atoms with van der Waals surface area (Å²) in [7, 11) is -8.56. The van der Waals surface area contributed by atoms with Crippen LogP contribution >= 0.6 is 0 Å². The zero-order valence-electron chi connectivity index (χ0n) is 20.9. The van der Waals surface area contributed by atoms with Crippen molar-refractivity contribution in [1.29, 1.82) is 0 Å². The van der Waals surface area contributed by atoms with Crippen molar-refractivity contribution in [3.63, 3.8) is 0 Å². The van der Waals surface area contributed by atoms with Gasteiger partial charge >= 0.3 is 0 Å². The van der Waals surface area contributed by atoms with Gasteiger partial charge in [-0.05, 0) is 42.7 Å². The second kappa shape index (κ2) is 10.7. The molecule has 0 spiro atoms. The lowest BCUT2D eigenvalue weighted by molar-refractivity contribution is -0.117. The molecule has 0 fully saturated rings. The lowest BCUT2D eigenvalue weighted by Gasteiger charge is -2.23. The normalized spacial score (nSPS) is 15.3. The third-order valence-corrected chi connectivity index (χ3v) is 8.14. The van der Waals surface area contributed by atoms with Crippen LogP contribution in [-0.2, 0) is 25.0 Å². The lowest BCUT2D eigenvalue weighted by atomic mass is 9.93. The van der Waals surface area contributed by atoms with Crippen LogP contribution in [0.25, 0.3) is 11.0 Å². The van der Waals surface area contributed by atoms with Gasteiger partial charge in [0.25, 0.3) is 25.8 Å². The van der Waals surface area contributed by atoms with Gasteiger partial charge in [-0.15, -0.1) is 4.40 Å². The summed E-state index contributed by atoms with van der Waals surface area (Å²) in [5.74, 6) is -0.940. The Morgan fingerprint density at radius 3 is 2.67 bits per heavy atom. The van der Waals surface area contributed by atoms with Gasteiger partial charge in [-0.1, -0.05) is 13.8 Å². The van der Waals surface area contributed by atoms with Crippen LogP contribution in [0.3, 0.4) is 0 Å². The van der Waals surface area contributed by atoms with Crippen LogP contribution in [0.15, 0.2) is 50.6 Å². The fraction of sp³-hybridized carbons (Fsp3) is 0.304. The second-order valence-electron chi connectivity index (χ2n) is 9.25. The van der Waals surface area contributed by atoms with Crippen LogP contribution in [0.5, 0.6) is 0 Å². The third-order valence-electron chi connectivity index (χ3n) is 5.73. The second-order valence-corrected chi connectivity index (χ2v) is 12.3. The first-order valence-corrected chi connectivity index (χ1v) is 14.7. The van der Waals surface area contributed by atoms with E-state index in [0.717, 1.165) is 6.07 Å². The van der Waals surface area contributed by atoms with Crippen LogP contribution in [0.4, 0.5) is 11.4 Å². The number of aromatic amines is 1. The van der Waals surface area contributed by atoms with E-state index in [1.807, 2.05) is 13.8 Å². The number of pyridine rings is 2. The summed E-state index contributed by atoms with van der Waals surface area (Å²) in [6.07, 6.45) is 0.417. The number of amidine groups is 1. The van der Waals surface area contributed by atoms with E-state index in [4.69, 9.17) is 5.73 Å². The molecule has 14 nitrogen and oxygen atoms in total. The van der Waals surface area contributed by atoms with Crippen LogP contribution in [-0.4, -0.2) is 50.2 Å². The number of primary amides is 1.